The highest BCUT2D eigenvalue weighted by atomic mass is 16.2. The van der Waals surface area contributed by atoms with E-state index in [0.717, 1.165) is 18.5 Å². The summed E-state index contributed by atoms with van der Waals surface area (Å²) in [4.78, 5) is 14.8. The Balaban J connectivity index is 1.89. The molecule has 24 heavy (non-hydrogen) atoms. The van der Waals surface area contributed by atoms with Crippen molar-refractivity contribution in [1.82, 2.24) is 10.2 Å². The molecule has 0 saturated carbocycles. The van der Waals surface area contributed by atoms with Gasteiger partial charge < -0.3 is 11.1 Å². The number of carbonyl (C=O) groups is 1. The van der Waals surface area contributed by atoms with Crippen LogP contribution in [0.5, 0.6) is 0 Å². The normalized spacial score (nSPS) is 18.6. The molecule has 134 valence electrons. The number of hydrogen-bond donors (Lipinski definition) is 2. The highest BCUT2D eigenvalue weighted by Gasteiger charge is 2.26. The van der Waals surface area contributed by atoms with Crippen LogP contribution in [-0.4, -0.2) is 29.4 Å². The Hall–Kier alpha value is -1.39. The van der Waals surface area contributed by atoms with Gasteiger partial charge >= 0.3 is 0 Å². The van der Waals surface area contributed by atoms with Gasteiger partial charge in [-0.3, -0.25) is 9.69 Å². The second-order valence-electron chi connectivity index (χ2n) is 7.36. The third-order valence-electron chi connectivity index (χ3n) is 4.84. The van der Waals surface area contributed by atoms with Crippen LogP contribution in [0.25, 0.3) is 0 Å². The Kier molecular flexibility index (Phi) is 7.25. The maximum Gasteiger partial charge on any atom is 0.240 e. The molecule has 0 aromatic heterocycles. The largest absolute Gasteiger partial charge is 0.350 e. The van der Waals surface area contributed by atoms with Crippen LogP contribution in [0.15, 0.2) is 24.3 Å². The molecule has 4 nitrogen and oxygen atoms in total. The van der Waals surface area contributed by atoms with Crippen molar-refractivity contribution in [2.75, 3.05) is 13.1 Å². The van der Waals surface area contributed by atoms with E-state index in [-0.39, 0.29) is 5.91 Å². The number of nitrogens with one attached hydrogen (secondary N) is 1. The van der Waals surface area contributed by atoms with Crippen molar-refractivity contribution in [3.63, 3.8) is 0 Å². The smallest absolute Gasteiger partial charge is 0.240 e. The third kappa shape index (κ3) is 5.91. The van der Waals surface area contributed by atoms with Crippen molar-refractivity contribution in [3.05, 3.63) is 35.4 Å². The van der Waals surface area contributed by atoms with Crippen molar-refractivity contribution in [1.29, 1.82) is 0 Å². The molecule has 1 saturated heterocycles. The van der Waals surface area contributed by atoms with E-state index >= 15 is 0 Å². The zero-order valence-electron chi connectivity index (χ0n) is 15.3. The van der Waals surface area contributed by atoms with Gasteiger partial charge in [0.05, 0.1) is 5.54 Å². The number of nitrogens with zero attached hydrogens (tertiary/aromatic N) is 1. The fourth-order valence-electron chi connectivity index (χ4n) is 3.41. The zero-order chi connectivity index (χ0) is 17.4. The zero-order valence-corrected chi connectivity index (χ0v) is 15.3. The van der Waals surface area contributed by atoms with Gasteiger partial charge in [-0.1, -0.05) is 50.5 Å². The molecule has 1 heterocycles. The van der Waals surface area contributed by atoms with Crippen LogP contribution in [0.3, 0.4) is 0 Å². The number of hydrogen-bond acceptors (Lipinski definition) is 3. The van der Waals surface area contributed by atoms with Gasteiger partial charge in [0.2, 0.25) is 5.91 Å². The molecule has 0 radical (unpaired) electrons. The van der Waals surface area contributed by atoms with Crippen molar-refractivity contribution in [2.45, 2.75) is 71.0 Å². The molecule has 1 aliphatic rings. The molecule has 1 unspecified atom stereocenters. The van der Waals surface area contributed by atoms with E-state index in [1.165, 1.54) is 44.3 Å². The monoisotopic (exact) mass is 331 g/mol. The Labute approximate surface area is 146 Å². The van der Waals surface area contributed by atoms with E-state index in [1.54, 1.807) is 0 Å². The fourth-order valence-corrected chi connectivity index (χ4v) is 3.41. The Bertz CT molecular complexity index is 519. The van der Waals surface area contributed by atoms with Gasteiger partial charge in [0, 0.05) is 13.1 Å². The van der Waals surface area contributed by atoms with Crippen molar-refractivity contribution in [3.8, 4) is 0 Å². The van der Waals surface area contributed by atoms with E-state index < -0.39 is 5.54 Å². The lowest BCUT2D eigenvalue weighted by Gasteiger charge is -2.23. The molecule has 2 rings (SSSR count). The van der Waals surface area contributed by atoms with Crippen LogP contribution >= 0.6 is 0 Å². The maximum absolute atomic E-state index is 12.2. The third-order valence-corrected chi connectivity index (χ3v) is 4.84. The average Bonchev–Trinajstić information content (AvgIpc) is 2.81. The molecule has 4 heteroatoms. The predicted octanol–water partition coefficient (Wildman–Crippen LogP) is 3.20. The van der Waals surface area contributed by atoms with Gasteiger partial charge in [-0.05, 0) is 50.4 Å². The van der Waals surface area contributed by atoms with Crippen LogP contribution in [0.4, 0.5) is 0 Å². The summed E-state index contributed by atoms with van der Waals surface area (Å²) in [5, 5.41) is 2.99. The maximum atomic E-state index is 12.2. The average molecular weight is 332 g/mol. The SMILES string of the molecule is CCCC(C)(N)C(=O)NCc1cccc(CN2CCCCCC2)c1. The molecular formula is C20H33N3O. The molecular weight excluding hydrogens is 298 g/mol. The second-order valence-corrected chi connectivity index (χ2v) is 7.36. The number of rotatable bonds is 7. The van der Waals surface area contributed by atoms with Gasteiger partial charge in [0.25, 0.3) is 0 Å². The van der Waals surface area contributed by atoms with Gasteiger partial charge in [0.1, 0.15) is 0 Å². The Morgan fingerprint density at radius 3 is 2.54 bits per heavy atom. The van der Waals surface area contributed by atoms with E-state index in [4.69, 9.17) is 5.73 Å². The summed E-state index contributed by atoms with van der Waals surface area (Å²) in [6.45, 7) is 7.80. The molecule has 3 N–H and O–H groups in total. The van der Waals surface area contributed by atoms with Gasteiger partial charge in [-0.15, -0.1) is 0 Å². The molecule has 1 amide bonds. The molecule has 1 aliphatic heterocycles. The minimum Gasteiger partial charge on any atom is -0.350 e. The lowest BCUT2D eigenvalue weighted by molar-refractivity contribution is -0.126. The van der Waals surface area contributed by atoms with Gasteiger partial charge in [-0.2, -0.15) is 0 Å². The molecule has 0 bridgehead atoms. The fraction of sp³-hybridized carbons (Fsp3) is 0.650. The van der Waals surface area contributed by atoms with Gasteiger partial charge in [-0.25, -0.2) is 0 Å². The topological polar surface area (TPSA) is 58.4 Å². The lowest BCUT2D eigenvalue weighted by Crippen LogP contribution is -2.51. The second kappa shape index (κ2) is 9.19. The summed E-state index contributed by atoms with van der Waals surface area (Å²) < 4.78 is 0. The number of amides is 1. The standard InChI is InChI=1S/C20H33N3O/c1-3-11-20(2,21)19(24)22-15-17-9-8-10-18(14-17)16-23-12-6-4-5-7-13-23/h8-10,14H,3-7,11-13,15-16,21H2,1-2H3,(H,22,24). The van der Waals surface area contributed by atoms with E-state index in [1.807, 2.05) is 13.8 Å². The van der Waals surface area contributed by atoms with Crippen molar-refractivity contribution < 1.29 is 4.79 Å². The Morgan fingerprint density at radius 2 is 1.88 bits per heavy atom. The summed E-state index contributed by atoms with van der Waals surface area (Å²) in [6.07, 6.45) is 6.94. The first-order valence-corrected chi connectivity index (χ1v) is 9.38. The Morgan fingerprint density at radius 1 is 1.21 bits per heavy atom. The first-order chi connectivity index (χ1) is 11.5. The molecule has 0 spiro atoms. The summed E-state index contributed by atoms with van der Waals surface area (Å²) >= 11 is 0. The highest BCUT2D eigenvalue weighted by molar-refractivity contribution is 5.85. The summed E-state index contributed by atoms with van der Waals surface area (Å²) in [6, 6.07) is 8.54. The van der Waals surface area contributed by atoms with Crippen LogP contribution in [0.1, 0.15) is 63.5 Å². The molecule has 1 aromatic carbocycles. The van der Waals surface area contributed by atoms with Crippen LogP contribution < -0.4 is 11.1 Å². The molecule has 1 atom stereocenters. The first-order valence-electron chi connectivity index (χ1n) is 9.38. The van der Waals surface area contributed by atoms with E-state index in [0.29, 0.717) is 13.0 Å². The number of nitrogens with two attached hydrogens (primary N) is 1. The summed E-state index contributed by atoms with van der Waals surface area (Å²) in [5.74, 6) is -0.0673. The number of likely N-dealkylation sites (tertiary alicyclic amines) is 1. The first kappa shape index (κ1) is 18.9. The van der Waals surface area contributed by atoms with E-state index in [9.17, 15) is 4.79 Å². The van der Waals surface area contributed by atoms with Crippen LogP contribution in [0.2, 0.25) is 0 Å². The highest BCUT2D eigenvalue weighted by Crippen LogP contribution is 2.15. The quantitative estimate of drug-likeness (QED) is 0.807. The summed E-state index contributed by atoms with van der Waals surface area (Å²) in [7, 11) is 0. The van der Waals surface area contributed by atoms with E-state index in [2.05, 4.69) is 34.5 Å². The van der Waals surface area contributed by atoms with Crippen molar-refractivity contribution in [2.24, 2.45) is 5.73 Å². The minimum atomic E-state index is -0.779. The number of benzene rings is 1. The summed E-state index contributed by atoms with van der Waals surface area (Å²) in [5.41, 5.74) is 7.77. The lowest BCUT2D eigenvalue weighted by atomic mass is 9.96. The predicted molar refractivity (Wildman–Crippen MR) is 99.5 cm³/mol. The van der Waals surface area contributed by atoms with Crippen LogP contribution in [-0.2, 0) is 17.9 Å². The molecule has 0 aliphatic carbocycles. The van der Waals surface area contributed by atoms with Gasteiger partial charge in [0.15, 0.2) is 0 Å². The number of carbonyl (C=O) groups excluding carboxylic acids is 1. The van der Waals surface area contributed by atoms with Crippen LogP contribution in [0, 0.1) is 0 Å². The minimum absolute atomic E-state index is 0.0673. The molecule has 1 aromatic rings. The molecule has 1 fully saturated rings. The van der Waals surface area contributed by atoms with Crippen molar-refractivity contribution >= 4 is 5.91 Å².